The van der Waals surface area contributed by atoms with E-state index in [1.165, 1.54) is 18.5 Å². The highest BCUT2D eigenvalue weighted by molar-refractivity contribution is 7.89. The molecule has 0 spiro atoms. The molecule has 13 heteroatoms. The van der Waals surface area contributed by atoms with Gasteiger partial charge in [-0.25, -0.2) is 18.4 Å². The van der Waals surface area contributed by atoms with Gasteiger partial charge in [-0.05, 0) is 12.1 Å². The third kappa shape index (κ3) is 5.05. The van der Waals surface area contributed by atoms with E-state index in [0.29, 0.717) is 32.1 Å². The summed E-state index contributed by atoms with van der Waals surface area (Å²) in [6.07, 6.45) is -3.52. The lowest BCUT2D eigenvalue weighted by Gasteiger charge is -2.35. The Kier molecular flexibility index (Phi) is 6.40. The summed E-state index contributed by atoms with van der Waals surface area (Å²) in [5, 5.41) is 0. The van der Waals surface area contributed by atoms with Gasteiger partial charge in [0.25, 0.3) is 0 Å². The van der Waals surface area contributed by atoms with Crippen LogP contribution in [0.1, 0.15) is 0 Å². The first-order valence-corrected chi connectivity index (χ1v) is 11.4. The van der Waals surface area contributed by atoms with E-state index in [-0.39, 0.29) is 13.1 Å². The van der Waals surface area contributed by atoms with E-state index in [0.717, 1.165) is 35.3 Å². The summed E-state index contributed by atoms with van der Waals surface area (Å²) in [5.41, 5.74) is 0. The van der Waals surface area contributed by atoms with Crippen LogP contribution in [-0.2, 0) is 14.8 Å². The van der Waals surface area contributed by atoms with Gasteiger partial charge >= 0.3 is 6.36 Å². The maximum absolute atomic E-state index is 13.0. The molecule has 0 unspecified atom stereocenters. The summed E-state index contributed by atoms with van der Waals surface area (Å²) in [5.74, 6) is 0.694. The third-order valence-corrected chi connectivity index (χ3v) is 7.17. The molecule has 2 aliphatic rings. The van der Waals surface area contributed by atoms with Crippen LogP contribution < -0.4 is 14.5 Å². The van der Waals surface area contributed by atoms with E-state index >= 15 is 0 Å². The van der Waals surface area contributed by atoms with E-state index in [1.54, 1.807) is 0 Å². The molecule has 2 aliphatic heterocycles. The summed E-state index contributed by atoms with van der Waals surface area (Å²) in [4.78, 5) is 12.1. The first-order valence-electron chi connectivity index (χ1n) is 9.99. The SMILES string of the molecule is O=S(=O)(c1ccccc1OC(F)(F)F)N1CCN(c2cc(N3CCOCC3)ncn2)CC1. The minimum absolute atomic E-state index is 0.0968. The zero-order valence-electron chi connectivity index (χ0n) is 17.0. The highest BCUT2D eigenvalue weighted by Crippen LogP contribution is 2.32. The number of hydrogen-bond donors (Lipinski definition) is 0. The minimum atomic E-state index is -4.99. The van der Waals surface area contributed by atoms with Gasteiger partial charge in [-0.3, -0.25) is 0 Å². The van der Waals surface area contributed by atoms with E-state index in [9.17, 15) is 21.6 Å². The molecule has 4 rings (SSSR count). The van der Waals surface area contributed by atoms with Gasteiger partial charge in [0.15, 0.2) is 0 Å². The molecule has 9 nitrogen and oxygen atoms in total. The van der Waals surface area contributed by atoms with Crippen LogP contribution in [0.5, 0.6) is 5.75 Å². The number of morpholine rings is 1. The number of halogens is 3. The van der Waals surface area contributed by atoms with Gasteiger partial charge in [-0.2, -0.15) is 4.31 Å². The van der Waals surface area contributed by atoms with E-state index in [4.69, 9.17) is 4.74 Å². The van der Waals surface area contributed by atoms with Crippen LogP contribution in [0.25, 0.3) is 0 Å². The summed E-state index contributed by atoms with van der Waals surface area (Å²) in [6.45, 7) is 3.55. The predicted octanol–water partition coefficient (Wildman–Crippen LogP) is 1.72. The van der Waals surface area contributed by atoms with Gasteiger partial charge in [0.05, 0.1) is 13.2 Å². The topological polar surface area (TPSA) is 88.1 Å². The number of ether oxygens (including phenoxy) is 2. The van der Waals surface area contributed by atoms with Gasteiger partial charge in [0, 0.05) is 45.3 Å². The van der Waals surface area contributed by atoms with Crippen LogP contribution in [0.2, 0.25) is 0 Å². The number of piperazine rings is 1. The molecule has 0 saturated carbocycles. The first kappa shape index (κ1) is 22.6. The Morgan fingerprint density at radius 1 is 0.906 bits per heavy atom. The molecule has 1 aromatic carbocycles. The van der Waals surface area contributed by atoms with Crippen molar-refractivity contribution in [3.63, 3.8) is 0 Å². The van der Waals surface area contributed by atoms with Crippen molar-refractivity contribution in [1.82, 2.24) is 14.3 Å². The average Bonchev–Trinajstić information content (AvgIpc) is 2.79. The maximum atomic E-state index is 13.0. The Hall–Kier alpha value is -2.64. The molecule has 32 heavy (non-hydrogen) atoms. The van der Waals surface area contributed by atoms with Crippen molar-refractivity contribution in [2.75, 3.05) is 62.3 Å². The molecule has 0 bridgehead atoms. The Morgan fingerprint density at radius 2 is 1.50 bits per heavy atom. The molecule has 174 valence electrons. The van der Waals surface area contributed by atoms with Crippen LogP contribution in [-0.4, -0.2) is 81.5 Å². The van der Waals surface area contributed by atoms with Crippen molar-refractivity contribution in [2.45, 2.75) is 11.3 Å². The zero-order chi connectivity index (χ0) is 22.8. The molecule has 0 radical (unpaired) electrons. The molecule has 0 aliphatic carbocycles. The van der Waals surface area contributed by atoms with Crippen LogP contribution in [0, 0.1) is 0 Å². The van der Waals surface area contributed by atoms with Crippen molar-refractivity contribution >= 4 is 21.7 Å². The normalized spacial score (nSPS) is 18.6. The second kappa shape index (κ2) is 9.08. The molecule has 0 atom stereocenters. The highest BCUT2D eigenvalue weighted by Gasteiger charge is 2.36. The molecular formula is C19H22F3N5O4S. The molecule has 2 saturated heterocycles. The first-order chi connectivity index (χ1) is 15.2. The number of aromatic nitrogens is 2. The number of anilines is 2. The lowest BCUT2D eigenvalue weighted by Crippen LogP contribution is -2.49. The summed E-state index contributed by atoms with van der Waals surface area (Å²) >= 11 is 0. The highest BCUT2D eigenvalue weighted by atomic mass is 32.2. The smallest absolute Gasteiger partial charge is 0.404 e. The number of para-hydroxylation sites is 1. The van der Waals surface area contributed by atoms with Crippen LogP contribution >= 0.6 is 0 Å². The van der Waals surface area contributed by atoms with Gasteiger partial charge in [-0.1, -0.05) is 12.1 Å². The van der Waals surface area contributed by atoms with Gasteiger partial charge < -0.3 is 19.3 Å². The van der Waals surface area contributed by atoms with Crippen LogP contribution in [0.15, 0.2) is 41.6 Å². The van der Waals surface area contributed by atoms with E-state index in [2.05, 4.69) is 19.6 Å². The molecule has 0 N–H and O–H groups in total. The van der Waals surface area contributed by atoms with Gasteiger partial charge in [0.1, 0.15) is 28.6 Å². The standard InChI is InChI=1S/C19H22F3N5O4S/c20-19(21,22)31-15-3-1-2-4-16(15)32(28,29)27-7-5-25(6-8-27)17-13-18(24-14-23-17)26-9-11-30-12-10-26/h1-4,13-14H,5-12H2. The average molecular weight is 473 g/mol. The predicted molar refractivity (Wildman–Crippen MR) is 109 cm³/mol. The Morgan fingerprint density at radius 3 is 2.12 bits per heavy atom. The van der Waals surface area contributed by atoms with Crippen molar-refractivity contribution in [3.05, 3.63) is 36.7 Å². The second-order valence-electron chi connectivity index (χ2n) is 7.22. The molecule has 3 heterocycles. The molecule has 2 fully saturated rings. The summed E-state index contributed by atoms with van der Waals surface area (Å²) in [7, 11) is -4.17. The fourth-order valence-corrected chi connectivity index (χ4v) is 5.18. The lowest BCUT2D eigenvalue weighted by atomic mass is 10.3. The third-order valence-electron chi connectivity index (χ3n) is 5.23. The van der Waals surface area contributed by atoms with E-state index in [1.807, 2.05) is 11.0 Å². The Balaban J connectivity index is 1.46. The largest absolute Gasteiger partial charge is 0.573 e. The number of sulfonamides is 1. The molecular weight excluding hydrogens is 451 g/mol. The maximum Gasteiger partial charge on any atom is 0.573 e. The van der Waals surface area contributed by atoms with Gasteiger partial charge in [-0.15, -0.1) is 13.2 Å². The number of hydrogen-bond acceptors (Lipinski definition) is 8. The Bertz CT molecular complexity index is 1040. The number of nitrogens with zero attached hydrogens (tertiary/aromatic N) is 5. The second-order valence-corrected chi connectivity index (χ2v) is 9.13. The minimum Gasteiger partial charge on any atom is -0.404 e. The monoisotopic (exact) mass is 473 g/mol. The molecule has 1 aromatic heterocycles. The zero-order valence-corrected chi connectivity index (χ0v) is 17.8. The van der Waals surface area contributed by atoms with Crippen molar-refractivity contribution in [1.29, 1.82) is 0 Å². The number of rotatable bonds is 5. The summed E-state index contributed by atoms with van der Waals surface area (Å²) < 4.78 is 74.6. The fourth-order valence-electron chi connectivity index (χ4n) is 3.64. The van der Waals surface area contributed by atoms with Crippen LogP contribution in [0.3, 0.4) is 0 Å². The van der Waals surface area contributed by atoms with Crippen molar-refractivity contribution in [3.8, 4) is 5.75 Å². The summed E-state index contributed by atoms with van der Waals surface area (Å²) in [6, 6.07) is 6.61. The molecule has 2 aromatic rings. The van der Waals surface area contributed by atoms with Crippen LogP contribution in [0.4, 0.5) is 24.8 Å². The molecule has 0 amide bonds. The van der Waals surface area contributed by atoms with E-state index < -0.39 is 27.0 Å². The lowest BCUT2D eigenvalue weighted by molar-refractivity contribution is -0.275. The van der Waals surface area contributed by atoms with Gasteiger partial charge in [0.2, 0.25) is 10.0 Å². The number of alkyl halides is 3. The Labute approximate surface area is 183 Å². The number of benzene rings is 1. The van der Waals surface area contributed by atoms with Crippen molar-refractivity contribution < 1.29 is 31.1 Å². The van der Waals surface area contributed by atoms with Crippen molar-refractivity contribution in [2.24, 2.45) is 0 Å². The fraction of sp³-hybridized carbons (Fsp3) is 0.474. The quantitative estimate of drug-likeness (QED) is 0.649.